The summed E-state index contributed by atoms with van der Waals surface area (Å²) < 4.78 is 16.0. The topological polar surface area (TPSA) is 84.8 Å². The van der Waals surface area contributed by atoms with Crippen LogP contribution in [0.3, 0.4) is 0 Å². The van der Waals surface area contributed by atoms with Gasteiger partial charge in [0.25, 0.3) is 0 Å². The molecule has 0 aliphatic rings. The number of benzene rings is 1. The molecule has 2 aromatic heterocycles. The van der Waals surface area contributed by atoms with Crippen molar-refractivity contribution in [2.75, 3.05) is 13.7 Å². The summed E-state index contributed by atoms with van der Waals surface area (Å²) in [7, 11) is 1.66. The molecule has 162 valence electrons. The van der Waals surface area contributed by atoms with Crippen LogP contribution in [-0.2, 0) is 19.5 Å². The molecule has 0 fully saturated rings. The molecule has 30 heavy (non-hydrogen) atoms. The lowest BCUT2D eigenvalue weighted by Crippen LogP contribution is -2.38. The van der Waals surface area contributed by atoms with Gasteiger partial charge >= 0.3 is 0 Å². The second-order valence-corrected chi connectivity index (χ2v) is 7.00. The van der Waals surface area contributed by atoms with Crippen molar-refractivity contribution in [3.8, 4) is 5.75 Å². The number of aromatic nitrogens is 1. The maximum absolute atomic E-state index is 5.40. The Morgan fingerprint density at radius 3 is 2.57 bits per heavy atom. The molecule has 0 aliphatic carbocycles. The van der Waals surface area contributed by atoms with Crippen LogP contribution in [0.15, 0.2) is 62.7 Å². The van der Waals surface area contributed by atoms with E-state index in [4.69, 9.17) is 13.7 Å². The third-order valence-electron chi connectivity index (χ3n) is 4.42. The van der Waals surface area contributed by atoms with Crippen LogP contribution < -0.4 is 15.4 Å². The highest BCUT2D eigenvalue weighted by Gasteiger charge is 2.08. The fraction of sp³-hybridized carbons (Fsp3) is 0.364. The van der Waals surface area contributed by atoms with Crippen molar-refractivity contribution in [2.45, 2.75) is 39.3 Å². The first-order valence-electron chi connectivity index (χ1n) is 9.77. The van der Waals surface area contributed by atoms with Crippen LogP contribution in [0.2, 0.25) is 0 Å². The van der Waals surface area contributed by atoms with Gasteiger partial charge in [0.05, 0.1) is 32.2 Å². The molecule has 0 atom stereocenters. The SMILES string of the molecule is COc1ccc(CN=C(NCCc2ccco2)NCc2cc(C(C)C)no2)cc1.I. The van der Waals surface area contributed by atoms with E-state index in [1.54, 1.807) is 13.4 Å². The Hall–Kier alpha value is -2.49. The number of furan rings is 1. The van der Waals surface area contributed by atoms with Gasteiger partial charge in [-0.2, -0.15) is 0 Å². The summed E-state index contributed by atoms with van der Waals surface area (Å²) in [5.74, 6) is 3.58. The number of rotatable bonds is 9. The van der Waals surface area contributed by atoms with Crippen molar-refractivity contribution in [3.05, 3.63) is 71.5 Å². The summed E-state index contributed by atoms with van der Waals surface area (Å²) in [6, 6.07) is 13.7. The highest BCUT2D eigenvalue weighted by atomic mass is 127. The smallest absolute Gasteiger partial charge is 0.191 e. The predicted molar refractivity (Wildman–Crippen MR) is 127 cm³/mol. The number of nitrogens with one attached hydrogen (secondary N) is 2. The number of halogens is 1. The third kappa shape index (κ3) is 7.40. The lowest BCUT2D eigenvalue weighted by atomic mass is 10.1. The Morgan fingerprint density at radius 2 is 1.93 bits per heavy atom. The van der Waals surface area contributed by atoms with E-state index in [-0.39, 0.29) is 24.0 Å². The fourth-order valence-electron chi connectivity index (χ4n) is 2.69. The van der Waals surface area contributed by atoms with Crippen LogP contribution in [0.1, 0.15) is 42.5 Å². The van der Waals surface area contributed by atoms with Gasteiger partial charge in [-0.15, -0.1) is 24.0 Å². The molecular formula is C22H29IN4O3. The van der Waals surface area contributed by atoms with Crippen molar-refractivity contribution in [2.24, 2.45) is 4.99 Å². The lowest BCUT2D eigenvalue weighted by Gasteiger charge is -2.11. The molecule has 0 saturated heterocycles. The minimum Gasteiger partial charge on any atom is -0.497 e. The Balaban J connectivity index is 0.00000320. The fourth-order valence-corrected chi connectivity index (χ4v) is 2.69. The molecule has 0 amide bonds. The molecule has 2 N–H and O–H groups in total. The predicted octanol–water partition coefficient (Wildman–Crippen LogP) is 4.50. The number of ether oxygens (including phenoxy) is 1. The van der Waals surface area contributed by atoms with E-state index in [2.05, 4.69) is 34.6 Å². The minimum atomic E-state index is 0. The first kappa shape index (κ1) is 23.8. The summed E-state index contributed by atoms with van der Waals surface area (Å²) >= 11 is 0. The van der Waals surface area contributed by atoms with Gasteiger partial charge in [0.2, 0.25) is 0 Å². The maximum Gasteiger partial charge on any atom is 0.191 e. The van der Waals surface area contributed by atoms with Crippen LogP contribution in [0.5, 0.6) is 5.75 Å². The first-order chi connectivity index (χ1) is 14.1. The van der Waals surface area contributed by atoms with Crippen LogP contribution in [0.25, 0.3) is 0 Å². The third-order valence-corrected chi connectivity index (χ3v) is 4.42. The van der Waals surface area contributed by atoms with Gasteiger partial charge in [-0.05, 0) is 35.7 Å². The largest absolute Gasteiger partial charge is 0.497 e. The molecule has 0 aliphatic heterocycles. The van der Waals surface area contributed by atoms with Crippen molar-refractivity contribution >= 4 is 29.9 Å². The Kier molecular flexibility index (Phi) is 9.72. The van der Waals surface area contributed by atoms with Crippen molar-refractivity contribution in [1.82, 2.24) is 15.8 Å². The molecule has 0 spiro atoms. The summed E-state index contributed by atoms with van der Waals surface area (Å²) in [4.78, 5) is 4.69. The summed E-state index contributed by atoms with van der Waals surface area (Å²) in [5.41, 5.74) is 2.05. The summed E-state index contributed by atoms with van der Waals surface area (Å²) in [6.07, 6.45) is 2.46. The van der Waals surface area contributed by atoms with Crippen molar-refractivity contribution in [3.63, 3.8) is 0 Å². The highest BCUT2D eigenvalue weighted by molar-refractivity contribution is 14.0. The molecule has 0 radical (unpaired) electrons. The number of hydrogen-bond donors (Lipinski definition) is 2. The molecule has 7 nitrogen and oxygen atoms in total. The van der Waals surface area contributed by atoms with Gasteiger partial charge in [-0.3, -0.25) is 0 Å². The second kappa shape index (κ2) is 12.3. The Bertz CT molecular complexity index is 890. The molecule has 3 rings (SSSR count). The Labute approximate surface area is 194 Å². The molecule has 2 heterocycles. The summed E-state index contributed by atoms with van der Waals surface area (Å²) in [5, 5.41) is 10.8. The monoisotopic (exact) mass is 524 g/mol. The van der Waals surface area contributed by atoms with Gasteiger partial charge < -0.3 is 24.3 Å². The number of aliphatic imine (C=N–C) groups is 1. The van der Waals surface area contributed by atoms with Gasteiger partial charge in [-0.25, -0.2) is 4.99 Å². The molecule has 0 bridgehead atoms. The van der Waals surface area contributed by atoms with Crippen LogP contribution in [0.4, 0.5) is 0 Å². The quantitative estimate of drug-likeness (QED) is 0.244. The maximum atomic E-state index is 5.40. The van der Waals surface area contributed by atoms with Crippen molar-refractivity contribution in [1.29, 1.82) is 0 Å². The highest BCUT2D eigenvalue weighted by Crippen LogP contribution is 2.14. The Morgan fingerprint density at radius 1 is 1.13 bits per heavy atom. The van der Waals surface area contributed by atoms with Gasteiger partial charge in [-0.1, -0.05) is 31.1 Å². The van der Waals surface area contributed by atoms with E-state index in [1.165, 1.54) is 0 Å². The average Bonchev–Trinajstić information content (AvgIpc) is 3.42. The number of guanidine groups is 1. The van der Waals surface area contributed by atoms with E-state index < -0.39 is 0 Å². The van der Waals surface area contributed by atoms with Crippen LogP contribution in [-0.4, -0.2) is 24.8 Å². The van der Waals surface area contributed by atoms with E-state index in [0.29, 0.717) is 31.5 Å². The zero-order valence-corrected chi connectivity index (χ0v) is 19.9. The van der Waals surface area contributed by atoms with E-state index >= 15 is 0 Å². The standard InChI is InChI=1S/C22H28N4O3.HI/c1-16(2)21-13-20(29-26-21)15-25-22(23-11-10-19-5-4-12-28-19)24-14-17-6-8-18(27-3)9-7-17;/h4-9,12-13,16H,10-11,14-15H2,1-3H3,(H2,23,24,25);1H. The minimum absolute atomic E-state index is 0. The van der Waals surface area contributed by atoms with Gasteiger partial charge in [0, 0.05) is 19.0 Å². The van der Waals surface area contributed by atoms with Crippen LogP contribution >= 0.6 is 24.0 Å². The number of nitrogens with zero attached hydrogens (tertiary/aromatic N) is 2. The molecular weight excluding hydrogens is 495 g/mol. The first-order valence-corrected chi connectivity index (χ1v) is 9.77. The zero-order chi connectivity index (χ0) is 20.5. The number of hydrogen-bond acceptors (Lipinski definition) is 5. The second-order valence-electron chi connectivity index (χ2n) is 7.00. The van der Waals surface area contributed by atoms with Crippen molar-refractivity contribution < 1.29 is 13.7 Å². The zero-order valence-electron chi connectivity index (χ0n) is 17.6. The normalized spacial score (nSPS) is 11.3. The van der Waals surface area contributed by atoms with Gasteiger partial charge in [0.1, 0.15) is 11.5 Å². The molecule has 1 aromatic carbocycles. The van der Waals surface area contributed by atoms with Gasteiger partial charge in [0.15, 0.2) is 11.7 Å². The van der Waals surface area contributed by atoms with E-state index in [1.807, 2.05) is 42.5 Å². The van der Waals surface area contributed by atoms with E-state index in [9.17, 15) is 0 Å². The van der Waals surface area contributed by atoms with Crippen LogP contribution in [0, 0.1) is 0 Å². The number of methoxy groups -OCH3 is 1. The van der Waals surface area contributed by atoms with E-state index in [0.717, 1.165) is 34.9 Å². The molecule has 0 unspecified atom stereocenters. The lowest BCUT2D eigenvalue weighted by molar-refractivity contribution is 0.372. The summed E-state index contributed by atoms with van der Waals surface area (Å²) in [6.45, 7) is 5.94. The molecule has 0 saturated carbocycles. The molecule has 3 aromatic rings. The molecule has 8 heteroatoms. The average molecular weight is 524 g/mol.